The zero-order valence-electron chi connectivity index (χ0n) is 14.4. The van der Waals surface area contributed by atoms with Crippen molar-refractivity contribution in [1.82, 2.24) is 14.8 Å². The summed E-state index contributed by atoms with van der Waals surface area (Å²) in [6.07, 6.45) is 2.78. The zero-order chi connectivity index (χ0) is 18.7. The van der Waals surface area contributed by atoms with Crippen LogP contribution >= 0.6 is 0 Å². The first-order valence-corrected chi connectivity index (χ1v) is 9.87. The first kappa shape index (κ1) is 17.8. The van der Waals surface area contributed by atoms with E-state index in [-0.39, 0.29) is 10.8 Å². The maximum Gasteiger partial charge on any atom is 0.255 e. The monoisotopic (exact) mass is 370 g/mol. The third-order valence-corrected chi connectivity index (χ3v) is 5.01. The van der Waals surface area contributed by atoms with Gasteiger partial charge in [0.25, 0.3) is 5.91 Å². The number of amides is 1. The third kappa shape index (κ3) is 3.80. The Morgan fingerprint density at radius 2 is 1.88 bits per heavy atom. The molecule has 0 fully saturated rings. The lowest BCUT2D eigenvalue weighted by Gasteiger charge is -2.08. The number of rotatable bonds is 5. The van der Waals surface area contributed by atoms with Gasteiger partial charge in [-0.2, -0.15) is 0 Å². The highest BCUT2D eigenvalue weighted by Gasteiger charge is 2.11. The molecule has 134 valence electrons. The second kappa shape index (κ2) is 7.09. The van der Waals surface area contributed by atoms with Crippen molar-refractivity contribution in [3.8, 4) is 11.4 Å². The van der Waals surface area contributed by atoms with Crippen LogP contribution in [-0.4, -0.2) is 35.3 Å². The Morgan fingerprint density at radius 3 is 2.54 bits per heavy atom. The Kier molecular flexibility index (Phi) is 4.85. The number of nitrogens with one attached hydrogen (secondary N) is 1. The summed E-state index contributed by atoms with van der Waals surface area (Å²) in [6, 6.07) is 13.1. The summed E-state index contributed by atoms with van der Waals surface area (Å²) in [7, 11) is -3.29. The molecule has 0 radical (unpaired) electrons. The first-order chi connectivity index (χ1) is 12.4. The molecule has 0 bridgehead atoms. The average Bonchev–Trinajstić information content (AvgIpc) is 3.10. The molecular formula is C18H18N4O3S. The summed E-state index contributed by atoms with van der Waals surface area (Å²) in [4.78, 5) is 12.6. The lowest BCUT2D eigenvalue weighted by Crippen LogP contribution is -2.12. The molecule has 0 aliphatic heterocycles. The minimum absolute atomic E-state index is 0.176. The molecule has 3 rings (SSSR count). The summed E-state index contributed by atoms with van der Waals surface area (Å²) in [5.74, 6) is 0.403. The molecule has 0 unspecified atom stereocenters. The molecule has 0 saturated carbocycles. The molecule has 26 heavy (non-hydrogen) atoms. The number of anilines is 1. The van der Waals surface area contributed by atoms with E-state index in [1.165, 1.54) is 24.3 Å². The van der Waals surface area contributed by atoms with Crippen LogP contribution in [0, 0.1) is 0 Å². The van der Waals surface area contributed by atoms with E-state index in [4.69, 9.17) is 0 Å². The molecule has 7 nitrogen and oxygen atoms in total. The van der Waals surface area contributed by atoms with Crippen LogP contribution in [-0.2, 0) is 16.4 Å². The second-order valence-electron chi connectivity index (χ2n) is 5.77. The molecule has 0 saturated heterocycles. The van der Waals surface area contributed by atoms with Crippen LogP contribution in [0.2, 0.25) is 0 Å². The molecule has 0 atom stereocenters. The van der Waals surface area contributed by atoms with Gasteiger partial charge in [-0.25, -0.2) is 8.42 Å². The highest BCUT2D eigenvalue weighted by molar-refractivity contribution is 7.90. The van der Waals surface area contributed by atoms with Gasteiger partial charge >= 0.3 is 0 Å². The van der Waals surface area contributed by atoms with E-state index in [0.717, 1.165) is 24.2 Å². The van der Waals surface area contributed by atoms with Crippen molar-refractivity contribution in [1.29, 1.82) is 0 Å². The predicted molar refractivity (Wildman–Crippen MR) is 98.6 cm³/mol. The zero-order valence-corrected chi connectivity index (χ0v) is 15.2. The molecule has 1 N–H and O–H groups in total. The van der Waals surface area contributed by atoms with Crippen LogP contribution in [0.1, 0.15) is 17.3 Å². The highest BCUT2D eigenvalue weighted by Crippen LogP contribution is 2.21. The molecule has 0 spiro atoms. The molecular weight excluding hydrogens is 352 g/mol. The van der Waals surface area contributed by atoms with Crippen LogP contribution in [0.25, 0.3) is 11.4 Å². The number of hydrogen-bond acceptors (Lipinski definition) is 5. The van der Waals surface area contributed by atoms with Crippen molar-refractivity contribution >= 4 is 21.4 Å². The van der Waals surface area contributed by atoms with Gasteiger partial charge < -0.3 is 9.88 Å². The van der Waals surface area contributed by atoms with Crippen molar-refractivity contribution in [2.24, 2.45) is 0 Å². The summed E-state index contributed by atoms with van der Waals surface area (Å²) in [5.41, 5.74) is 1.83. The molecule has 2 aromatic carbocycles. The lowest BCUT2D eigenvalue weighted by atomic mass is 10.1. The standard InChI is InChI=1S/C18H18N4O3S/c1-3-22-12-19-21-17(22)14-5-4-6-15(11-14)20-18(23)13-7-9-16(10-8-13)26(2,24)25/h4-12H,3H2,1-2H3,(H,20,23). The molecule has 1 aromatic heterocycles. The van der Waals surface area contributed by atoms with Crippen LogP contribution in [0.15, 0.2) is 59.8 Å². The topological polar surface area (TPSA) is 93.9 Å². The van der Waals surface area contributed by atoms with E-state index in [0.29, 0.717) is 11.3 Å². The van der Waals surface area contributed by atoms with Gasteiger partial charge in [0.05, 0.1) is 4.90 Å². The van der Waals surface area contributed by atoms with Gasteiger partial charge in [-0.3, -0.25) is 4.79 Å². The van der Waals surface area contributed by atoms with Crippen molar-refractivity contribution in [2.75, 3.05) is 11.6 Å². The Balaban J connectivity index is 1.81. The quantitative estimate of drug-likeness (QED) is 0.745. The predicted octanol–water partition coefficient (Wildman–Crippen LogP) is 2.62. The van der Waals surface area contributed by atoms with Gasteiger partial charge in [0.15, 0.2) is 15.7 Å². The number of nitrogens with zero attached hydrogens (tertiary/aromatic N) is 3. The Labute approximate surface area is 151 Å². The van der Waals surface area contributed by atoms with E-state index in [1.54, 1.807) is 12.4 Å². The van der Waals surface area contributed by atoms with Crippen LogP contribution < -0.4 is 5.32 Å². The van der Waals surface area contributed by atoms with E-state index in [1.807, 2.05) is 29.7 Å². The van der Waals surface area contributed by atoms with Crippen LogP contribution in [0.3, 0.4) is 0 Å². The molecule has 1 heterocycles. The van der Waals surface area contributed by atoms with Gasteiger partial charge in [0.1, 0.15) is 6.33 Å². The summed E-state index contributed by atoms with van der Waals surface area (Å²) < 4.78 is 24.9. The maximum atomic E-state index is 12.4. The fraction of sp³-hybridized carbons (Fsp3) is 0.167. The largest absolute Gasteiger partial charge is 0.322 e. The molecule has 8 heteroatoms. The van der Waals surface area contributed by atoms with Crippen molar-refractivity contribution in [2.45, 2.75) is 18.4 Å². The van der Waals surface area contributed by atoms with Crippen molar-refractivity contribution < 1.29 is 13.2 Å². The summed E-state index contributed by atoms with van der Waals surface area (Å²) in [5, 5.41) is 10.8. The Hall–Kier alpha value is -3.00. The maximum absolute atomic E-state index is 12.4. The number of carbonyl (C=O) groups is 1. The number of hydrogen-bond donors (Lipinski definition) is 1. The minimum atomic E-state index is -3.29. The smallest absolute Gasteiger partial charge is 0.255 e. The van der Waals surface area contributed by atoms with Crippen molar-refractivity contribution in [3.05, 3.63) is 60.4 Å². The van der Waals surface area contributed by atoms with Gasteiger partial charge in [-0.1, -0.05) is 12.1 Å². The van der Waals surface area contributed by atoms with Gasteiger partial charge in [-0.05, 0) is 43.3 Å². The summed E-state index contributed by atoms with van der Waals surface area (Å²) in [6.45, 7) is 2.74. The molecule has 0 aliphatic carbocycles. The van der Waals surface area contributed by atoms with Crippen LogP contribution in [0.4, 0.5) is 5.69 Å². The van der Waals surface area contributed by atoms with Crippen molar-refractivity contribution in [3.63, 3.8) is 0 Å². The lowest BCUT2D eigenvalue weighted by molar-refractivity contribution is 0.102. The fourth-order valence-corrected chi connectivity index (χ4v) is 3.13. The number of aromatic nitrogens is 3. The van der Waals surface area contributed by atoms with Gasteiger partial charge in [0.2, 0.25) is 0 Å². The third-order valence-electron chi connectivity index (χ3n) is 3.88. The number of sulfone groups is 1. The Bertz CT molecular complexity index is 1040. The number of aryl methyl sites for hydroxylation is 1. The van der Waals surface area contributed by atoms with Gasteiger partial charge in [0, 0.05) is 29.6 Å². The first-order valence-electron chi connectivity index (χ1n) is 7.98. The van der Waals surface area contributed by atoms with E-state index < -0.39 is 9.84 Å². The van der Waals surface area contributed by atoms with E-state index in [2.05, 4.69) is 15.5 Å². The normalized spacial score (nSPS) is 11.3. The Morgan fingerprint density at radius 1 is 1.15 bits per heavy atom. The minimum Gasteiger partial charge on any atom is -0.322 e. The van der Waals surface area contributed by atoms with E-state index >= 15 is 0 Å². The van der Waals surface area contributed by atoms with Gasteiger partial charge in [-0.15, -0.1) is 10.2 Å². The number of benzene rings is 2. The fourth-order valence-electron chi connectivity index (χ4n) is 2.50. The highest BCUT2D eigenvalue weighted by atomic mass is 32.2. The van der Waals surface area contributed by atoms with Crippen LogP contribution in [0.5, 0.6) is 0 Å². The average molecular weight is 370 g/mol. The molecule has 0 aliphatic rings. The number of carbonyl (C=O) groups excluding carboxylic acids is 1. The molecule has 3 aromatic rings. The molecule has 1 amide bonds. The second-order valence-corrected chi connectivity index (χ2v) is 7.79. The SMILES string of the molecule is CCn1cnnc1-c1cccc(NC(=O)c2ccc(S(C)(=O)=O)cc2)c1. The summed E-state index contributed by atoms with van der Waals surface area (Å²) >= 11 is 0. The van der Waals surface area contributed by atoms with E-state index in [9.17, 15) is 13.2 Å².